The Morgan fingerprint density at radius 3 is 2.80 bits per heavy atom. The SMILES string of the molecule is Cc1cccc(C2C=CN(c3cc(N4CCOCC4)n4nc(C(=O)NOC5COC5)cc4n3)N2)c1. The molecule has 35 heavy (non-hydrogen) atoms. The third-order valence-corrected chi connectivity index (χ3v) is 6.24. The number of benzene rings is 1. The second kappa shape index (κ2) is 9.27. The van der Waals surface area contributed by atoms with Crippen LogP contribution in [0.1, 0.15) is 27.7 Å². The molecule has 182 valence electrons. The number of nitrogens with one attached hydrogen (secondary N) is 2. The largest absolute Gasteiger partial charge is 0.378 e. The maximum Gasteiger partial charge on any atom is 0.295 e. The number of anilines is 2. The van der Waals surface area contributed by atoms with Crippen molar-refractivity contribution in [2.75, 3.05) is 49.4 Å². The maximum absolute atomic E-state index is 12.7. The van der Waals surface area contributed by atoms with Gasteiger partial charge in [0.15, 0.2) is 17.2 Å². The van der Waals surface area contributed by atoms with Crippen molar-refractivity contribution in [3.05, 3.63) is 65.5 Å². The fourth-order valence-corrected chi connectivity index (χ4v) is 4.27. The van der Waals surface area contributed by atoms with E-state index in [2.05, 4.69) is 58.2 Å². The van der Waals surface area contributed by atoms with Crippen LogP contribution in [-0.4, -0.2) is 66.1 Å². The van der Waals surface area contributed by atoms with Gasteiger partial charge >= 0.3 is 0 Å². The third-order valence-electron chi connectivity index (χ3n) is 6.24. The highest BCUT2D eigenvalue weighted by atomic mass is 16.7. The maximum atomic E-state index is 12.7. The molecule has 0 bridgehead atoms. The number of rotatable bonds is 6. The van der Waals surface area contributed by atoms with E-state index in [1.165, 1.54) is 11.1 Å². The Balaban J connectivity index is 1.30. The lowest BCUT2D eigenvalue weighted by Crippen LogP contribution is -2.42. The summed E-state index contributed by atoms with van der Waals surface area (Å²) < 4.78 is 12.3. The summed E-state index contributed by atoms with van der Waals surface area (Å²) in [5.41, 5.74) is 9.15. The minimum Gasteiger partial charge on any atom is -0.378 e. The number of fused-ring (bicyclic) bond motifs is 1. The highest BCUT2D eigenvalue weighted by molar-refractivity contribution is 5.92. The van der Waals surface area contributed by atoms with Gasteiger partial charge in [0.05, 0.1) is 32.5 Å². The van der Waals surface area contributed by atoms with Crippen molar-refractivity contribution in [3.8, 4) is 0 Å². The van der Waals surface area contributed by atoms with Crippen molar-refractivity contribution in [1.29, 1.82) is 0 Å². The van der Waals surface area contributed by atoms with E-state index in [-0.39, 0.29) is 17.8 Å². The molecule has 0 radical (unpaired) electrons. The predicted octanol–water partition coefficient (Wildman–Crippen LogP) is 1.51. The number of hydroxylamine groups is 1. The van der Waals surface area contributed by atoms with Crippen molar-refractivity contribution in [2.24, 2.45) is 0 Å². The first-order valence-electron chi connectivity index (χ1n) is 11.7. The van der Waals surface area contributed by atoms with Crippen LogP contribution in [-0.2, 0) is 14.3 Å². The lowest BCUT2D eigenvalue weighted by atomic mass is 10.1. The minimum absolute atomic E-state index is 0.0404. The van der Waals surface area contributed by atoms with E-state index in [0.29, 0.717) is 37.9 Å². The normalized spacial score (nSPS) is 20.4. The molecule has 1 amide bonds. The topological polar surface area (TPSA) is 105 Å². The van der Waals surface area contributed by atoms with E-state index in [4.69, 9.17) is 19.3 Å². The Bertz CT molecular complexity index is 1270. The van der Waals surface area contributed by atoms with Crippen molar-refractivity contribution in [3.63, 3.8) is 0 Å². The molecule has 0 spiro atoms. The molecular formula is C24H27N7O4. The third kappa shape index (κ3) is 4.46. The number of hydrazine groups is 1. The molecule has 2 fully saturated rings. The van der Waals surface area contributed by atoms with Gasteiger partial charge in [0.1, 0.15) is 11.9 Å². The van der Waals surface area contributed by atoms with Crippen LogP contribution in [0.5, 0.6) is 0 Å². The Hall–Kier alpha value is -3.51. The molecule has 1 atom stereocenters. The summed E-state index contributed by atoms with van der Waals surface area (Å²) >= 11 is 0. The molecular weight excluding hydrogens is 450 g/mol. The number of amides is 1. The van der Waals surface area contributed by atoms with Gasteiger partial charge in [-0.25, -0.2) is 15.9 Å². The molecule has 2 N–H and O–H groups in total. The standard InChI is InChI=1S/C24H27N7O4/c1-16-3-2-4-17(11-16)19-5-6-30(26-19)21-13-23(29-7-9-33-10-8-29)31-22(25-21)12-20(27-31)24(32)28-35-18-14-34-15-18/h2-6,11-13,18-19,26H,7-10,14-15H2,1H3,(H,28,32). The molecule has 3 aromatic rings. The molecule has 0 aliphatic carbocycles. The number of aromatic nitrogens is 3. The van der Waals surface area contributed by atoms with Gasteiger partial charge in [0, 0.05) is 31.4 Å². The molecule has 2 aromatic heterocycles. The number of hydrogen-bond donors (Lipinski definition) is 2. The van der Waals surface area contributed by atoms with Gasteiger partial charge < -0.3 is 14.4 Å². The monoisotopic (exact) mass is 477 g/mol. The average molecular weight is 478 g/mol. The zero-order valence-corrected chi connectivity index (χ0v) is 19.4. The average Bonchev–Trinajstić information content (AvgIpc) is 3.51. The van der Waals surface area contributed by atoms with Crippen LogP contribution in [0.2, 0.25) is 0 Å². The zero-order chi connectivity index (χ0) is 23.8. The molecule has 11 heteroatoms. The van der Waals surface area contributed by atoms with Crippen LogP contribution >= 0.6 is 0 Å². The van der Waals surface area contributed by atoms with Crippen LogP contribution in [0.4, 0.5) is 11.6 Å². The number of nitrogens with zero attached hydrogens (tertiary/aromatic N) is 5. The quantitative estimate of drug-likeness (QED) is 0.511. The molecule has 1 aromatic carbocycles. The molecule has 3 aliphatic rings. The molecule has 5 heterocycles. The van der Waals surface area contributed by atoms with E-state index in [1.807, 2.05) is 17.3 Å². The second-order valence-electron chi connectivity index (χ2n) is 8.81. The van der Waals surface area contributed by atoms with Crippen LogP contribution < -0.4 is 20.8 Å². The van der Waals surface area contributed by atoms with Gasteiger partial charge in [-0.2, -0.15) is 9.61 Å². The van der Waals surface area contributed by atoms with Crippen molar-refractivity contribution >= 4 is 23.2 Å². The number of carbonyl (C=O) groups is 1. The number of hydrogen-bond acceptors (Lipinski definition) is 9. The van der Waals surface area contributed by atoms with E-state index in [1.54, 1.807) is 10.6 Å². The highest BCUT2D eigenvalue weighted by Crippen LogP contribution is 2.28. The first-order valence-corrected chi connectivity index (χ1v) is 11.7. The lowest BCUT2D eigenvalue weighted by Gasteiger charge is -2.29. The van der Waals surface area contributed by atoms with Crippen LogP contribution in [0, 0.1) is 6.92 Å². The summed E-state index contributed by atoms with van der Waals surface area (Å²) in [6.07, 6.45) is 3.96. The van der Waals surface area contributed by atoms with Crippen LogP contribution in [0.25, 0.3) is 5.65 Å². The van der Waals surface area contributed by atoms with Crippen LogP contribution in [0.3, 0.4) is 0 Å². The molecule has 1 unspecified atom stereocenters. The van der Waals surface area contributed by atoms with Gasteiger partial charge in [0.25, 0.3) is 5.91 Å². The Kier molecular flexibility index (Phi) is 5.82. The van der Waals surface area contributed by atoms with E-state index in [0.717, 1.165) is 18.9 Å². The number of aryl methyl sites for hydroxylation is 1. The number of morpholine rings is 1. The fraction of sp³-hybridized carbons (Fsp3) is 0.375. The Morgan fingerprint density at radius 2 is 2.03 bits per heavy atom. The van der Waals surface area contributed by atoms with Gasteiger partial charge in [-0.1, -0.05) is 29.8 Å². The van der Waals surface area contributed by atoms with Gasteiger partial charge in [-0.15, -0.1) is 0 Å². The van der Waals surface area contributed by atoms with E-state index in [9.17, 15) is 4.79 Å². The van der Waals surface area contributed by atoms with Gasteiger partial charge in [-0.3, -0.25) is 14.6 Å². The van der Waals surface area contributed by atoms with E-state index < -0.39 is 5.91 Å². The zero-order valence-electron chi connectivity index (χ0n) is 19.4. The summed E-state index contributed by atoms with van der Waals surface area (Å²) in [5.74, 6) is 1.13. The van der Waals surface area contributed by atoms with Gasteiger partial charge in [-0.05, 0) is 18.6 Å². The molecule has 6 rings (SSSR count). The summed E-state index contributed by atoms with van der Waals surface area (Å²) in [6.45, 7) is 5.72. The summed E-state index contributed by atoms with van der Waals surface area (Å²) in [5, 5.41) is 6.45. The van der Waals surface area contributed by atoms with Crippen molar-refractivity contribution < 1.29 is 19.1 Å². The molecule has 3 aliphatic heterocycles. The smallest absolute Gasteiger partial charge is 0.295 e. The minimum atomic E-state index is -0.421. The highest BCUT2D eigenvalue weighted by Gasteiger charge is 2.25. The lowest BCUT2D eigenvalue weighted by molar-refractivity contribution is -0.153. The van der Waals surface area contributed by atoms with Crippen LogP contribution in [0.15, 0.2) is 48.7 Å². The predicted molar refractivity (Wildman–Crippen MR) is 128 cm³/mol. The fourth-order valence-electron chi connectivity index (χ4n) is 4.27. The van der Waals surface area contributed by atoms with E-state index >= 15 is 0 Å². The Morgan fingerprint density at radius 1 is 1.17 bits per heavy atom. The van der Waals surface area contributed by atoms with Crippen molar-refractivity contribution in [1.82, 2.24) is 25.5 Å². The second-order valence-corrected chi connectivity index (χ2v) is 8.81. The first-order chi connectivity index (χ1) is 17.1. The first kappa shape index (κ1) is 22.0. The number of ether oxygens (including phenoxy) is 2. The number of carbonyl (C=O) groups excluding carboxylic acids is 1. The molecule has 11 nitrogen and oxygen atoms in total. The summed E-state index contributed by atoms with van der Waals surface area (Å²) in [7, 11) is 0. The Labute approximate surface area is 202 Å². The van der Waals surface area contributed by atoms with Crippen molar-refractivity contribution in [2.45, 2.75) is 19.1 Å². The molecule has 0 saturated carbocycles. The van der Waals surface area contributed by atoms with Gasteiger partial charge in [0.2, 0.25) is 0 Å². The summed E-state index contributed by atoms with van der Waals surface area (Å²) in [6, 6.07) is 12.1. The summed E-state index contributed by atoms with van der Waals surface area (Å²) in [4.78, 5) is 25.0. The molecule has 2 saturated heterocycles.